The van der Waals surface area contributed by atoms with Crippen molar-refractivity contribution in [2.45, 2.75) is 65.9 Å². The zero-order valence-corrected chi connectivity index (χ0v) is 18.1. The van der Waals surface area contributed by atoms with Crippen LogP contribution in [-0.4, -0.2) is 18.7 Å². The molecule has 0 fully saturated rings. The van der Waals surface area contributed by atoms with E-state index in [0.717, 1.165) is 36.7 Å². The van der Waals surface area contributed by atoms with Crippen molar-refractivity contribution in [1.82, 2.24) is 0 Å². The van der Waals surface area contributed by atoms with Gasteiger partial charge in [0.2, 0.25) is 0 Å². The van der Waals surface area contributed by atoms with E-state index in [1.54, 1.807) is 36.4 Å². The summed E-state index contributed by atoms with van der Waals surface area (Å²) in [4.78, 5) is 12.3. The lowest BCUT2D eigenvalue weighted by Gasteiger charge is -2.14. The van der Waals surface area contributed by atoms with E-state index < -0.39 is 0 Å². The Balaban J connectivity index is 1.81. The number of rotatable bonds is 12. The maximum Gasteiger partial charge on any atom is 0.343 e. The number of carbonyl (C=O) groups excluding carboxylic acids is 1. The fraction of sp³-hybridized carbons (Fsp3) is 0.480. The van der Waals surface area contributed by atoms with Gasteiger partial charge in [-0.15, -0.1) is 0 Å². The van der Waals surface area contributed by atoms with Gasteiger partial charge in [-0.05, 0) is 80.6 Å². The molecule has 0 radical (unpaired) electrons. The zero-order chi connectivity index (χ0) is 21.1. The lowest BCUT2D eigenvalue weighted by molar-refractivity contribution is 0.0734. The number of esters is 1. The van der Waals surface area contributed by atoms with E-state index in [4.69, 9.17) is 14.2 Å². The SMILES string of the molecule is CCC[C@@H](C)Oc1ccc(C(=O)Oc2ccc(OCCC[C@@H](C)CC)cc2)cc1. The van der Waals surface area contributed by atoms with Crippen LogP contribution in [0.4, 0.5) is 0 Å². The molecule has 0 aliphatic rings. The Morgan fingerprint density at radius 1 is 0.862 bits per heavy atom. The highest BCUT2D eigenvalue weighted by Gasteiger charge is 2.10. The van der Waals surface area contributed by atoms with Crippen LogP contribution >= 0.6 is 0 Å². The molecule has 0 aliphatic heterocycles. The zero-order valence-electron chi connectivity index (χ0n) is 18.1. The second-order valence-electron chi connectivity index (χ2n) is 7.61. The standard InChI is InChI=1S/C25H34O4/c1-5-8-20(4)28-23-12-10-21(11-13-23)25(26)29-24-16-14-22(15-17-24)27-18-7-9-19(3)6-2/h10-17,19-20H,5-9,18H2,1-4H3/t19-,20+/m0/s1. The van der Waals surface area contributed by atoms with Gasteiger partial charge in [0.15, 0.2) is 0 Å². The van der Waals surface area contributed by atoms with Crippen LogP contribution in [0, 0.1) is 5.92 Å². The molecule has 0 bridgehead atoms. The fourth-order valence-corrected chi connectivity index (χ4v) is 2.96. The second-order valence-corrected chi connectivity index (χ2v) is 7.61. The molecule has 0 aliphatic carbocycles. The van der Waals surface area contributed by atoms with Crippen LogP contribution in [-0.2, 0) is 0 Å². The van der Waals surface area contributed by atoms with Gasteiger partial charge in [0, 0.05) is 0 Å². The number of carbonyl (C=O) groups is 1. The van der Waals surface area contributed by atoms with Crippen molar-refractivity contribution >= 4 is 5.97 Å². The van der Waals surface area contributed by atoms with Crippen LogP contribution in [0.1, 0.15) is 70.2 Å². The third-order valence-corrected chi connectivity index (χ3v) is 4.96. The molecule has 2 aromatic rings. The van der Waals surface area contributed by atoms with E-state index in [2.05, 4.69) is 20.8 Å². The normalized spacial score (nSPS) is 12.8. The predicted octanol–water partition coefficient (Wildman–Crippen LogP) is 6.68. The number of benzene rings is 2. The molecule has 4 heteroatoms. The lowest BCUT2D eigenvalue weighted by atomic mass is 10.0. The highest BCUT2D eigenvalue weighted by Crippen LogP contribution is 2.21. The van der Waals surface area contributed by atoms with Crippen molar-refractivity contribution in [2.75, 3.05) is 6.61 Å². The van der Waals surface area contributed by atoms with Crippen molar-refractivity contribution in [3.63, 3.8) is 0 Å². The van der Waals surface area contributed by atoms with Crippen molar-refractivity contribution < 1.29 is 19.0 Å². The van der Waals surface area contributed by atoms with Crippen LogP contribution in [0.2, 0.25) is 0 Å². The first kappa shape index (κ1) is 22.8. The number of hydrogen-bond acceptors (Lipinski definition) is 4. The Labute approximate surface area is 175 Å². The van der Waals surface area contributed by atoms with Crippen LogP contribution in [0.5, 0.6) is 17.2 Å². The Kier molecular flexibility index (Phi) is 9.55. The summed E-state index contributed by atoms with van der Waals surface area (Å²) in [7, 11) is 0. The van der Waals surface area contributed by atoms with Crippen molar-refractivity contribution in [3.05, 3.63) is 54.1 Å². The Morgan fingerprint density at radius 3 is 2.10 bits per heavy atom. The molecule has 0 heterocycles. The minimum absolute atomic E-state index is 0.161. The molecule has 0 spiro atoms. The summed E-state index contributed by atoms with van der Waals surface area (Å²) in [5.41, 5.74) is 0.492. The first-order valence-corrected chi connectivity index (χ1v) is 10.7. The van der Waals surface area contributed by atoms with E-state index in [9.17, 15) is 4.79 Å². The minimum Gasteiger partial charge on any atom is -0.494 e. The van der Waals surface area contributed by atoms with E-state index in [-0.39, 0.29) is 12.1 Å². The molecule has 0 saturated carbocycles. The maximum atomic E-state index is 12.3. The third kappa shape index (κ3) is 8.18. The van der Waals surface area contributed by atoms with Gasteiger partial charge in [0.25, 0.3) is 0 Å². The minimum atomic E-state index is -0.389. The van der Waals surface area contributed by atoms with Gasteiger partial charge in [-0.3, -0.25) is 0 Å². The van der Waals surface area contributed by atoms with E-state index in [0.29, 0.717) is 17.9 Å². The smallest absolute Gasteiger partial charge is 0.343 e. The summed E-state index contributed by atoms with van der Waals surface area (Å²) in [5.74, 6) is 2.40. The van der Waals surface area contributed by atoms with Crippen LogP contribution in [0.25, 0.3) is 0 Å². The number of hydrogen-bond donors (Lipinski definition) is 0. The predicted molar refractivity (Wildman–Crippen MR) is 117 cm³/mol. The van der Waals surface area contributed by atoms with E-state index in [1.807, 2.05) is 19.1 Å². The van der Waals surface area contributed by atoms with Crippen molar-refractivity contribution in [1.29, 1.82) is 0 Å². The van der Waals surface area contributed by atoms with Gasteiger partial charge in [-0.2, -0.15) is 0 Å². The molecule has 158 valence electrons. The largest absolute Gasteiger partial charge is 0.494 e. The maximum absolute atomic E-state index is 12.3. The molecule has 2 rings (SSSR count). The van der Waals surface area contributed by atoms with Gasteiger partial charge < -0.3 is 14.2 Å². The molecular weight excluding hydrogens is 364 g/mol. The molecule has 2 aromatic carbocycles. The van der Waals surface area contributed by atoms with Gasteiger partial charge in [0.1, 0.15) is 17.2 Å². The quantitative estimate of drug-likeness (QED) is 0.227. The van der Waals surface area contributed by atoms with Gasteiger partial charge in [0.05, 0.1) is 18.3 Å². The molecule has 0 amide bonds. The highest BCUT2D eigenvalue weighted by atomic mass is 16.5. The molecule has 0 saturated heterocycles. The van der Waals surface area contributed by atoms with Crippen molar-refractivity contribution in [2.24, 2.45) is 5.92 Å². The van der Waals surface area contributed by atoms with E-state index >= 15 is 0 Å². The molecule has 2 atom stereocenters. The monoisotopic (exact) mass is 398 g/mol. The summed E-state index contributed by atoms with van der Waals surface area (Å²) in [5, 5.41) is 0. The molecule has 0 aromatic heterocycles. The average Bonchev–Trinajstić information content (AvgIpc) is 2.72. The van der Waals surface area contributed by atoms with Gasteiger partial charge in [-0.1, -0.05) is 33.6 Å². The summed E-state index contributed by atoms with van der Waals surface area (Å²) in [6.07, 6.45) is 5.66. The molecular formula is C25H34O4. The Bertz CT molecular complexity index is 721. The summed E-state index contributed by atoms with van der Waals surface area (Å²) < 4.78 is 17.0. The first-order valence-electron chi connectivity index (χ1n) is 10.7. The lowest BCUT2D eigenvalue weighted by Crippen LogP contribution is -2.11. The van der Waals surface area contributed by atoms with Crippen LogP contribution in [0.15, 0.2) is 48.5 Å². The van der Waals surface area contributed by atoms with Crippen LogP contribution < -0.4 is 14.2 Å². The van der Waals surface area contributed by atoms with Crippen molar-refractivity contribution in [3.8, 4) is 17.2 Å². The summed E-state index contributed by atoms with van der Waals surface area (Å²) >= 11 is 0. The molecule has 4 nitrogen and oxygen atoms in total. The highest BCUT2D eigenvalue weighted by molar-refractivity contribution is 5.91. The van der Waals surface area contributed by atoms with Gasteiger partial charge in [-0.25, -0.2) is 4.79 Å². The molecule has 29 heavy (non-hydrogen) atoms. The summed E-state index contributed by atoms with van der Waals surface area (Å²) in [6.45, 7) is 9.35. The van der Waals surface area contributed by atoms with Gasteiger partial charge >= 0.3 is 5.97 Å². The molecule has 0 unspecified atom stereocenters. The summed E-state index contributed by atoms with van der Waals surface area (Å²) in [6, 6.07) is 14.2. The molecule has 0 N–H and O–H groups in total. The second kappa shape index (κ2) is 12.2. The fourth-order valence-electron chi connectivity index (χ4n) is 2.96. The third-order valence-electron chi connectivity index (χ3n) is 4.96. The average molecular weight is 399 g/mol. The van der Waals surface area contributed by atoms with E-state index in [1.165, 1.54) is 12.8 Å². The first-order chi connectivity index (χ1) is 14.0. The number of ether oxygens (including phenoxy) is 3. The topological polar surface area (TPSA) is 44.8 Å². The Morgan fingerprint density at radius 2 is 1.48 bits per heavy atom. The Hall–Kier alpha value is -2.49. The van der Waals surface area contributed by atoms with Crippen LogP contribution in [0.3, 0.4) is 0 Å².